The van der Waals surface area contributed by atoms with Gasteiger partial charge in [-0.1, -0.05) is 25.1 Å². The fraction of sp³-hybridized carbons (Fsp3) is 0.650. The Morgan fingerprint density at radius 1 is 1.26 bits per heavy atom. The Morgan fingerprint density at radius 2 is 2.04 bits per heavy atom. The summed E-state index contributed by atoms with van der Waals surface area (Å²) < 4.78 is 11.4. The first kappa shape index (κ1) is 22.2. The van der Waals surface area contributed by atoms with Crippen LogP contribution in [0, 0.1) is 5.92 Å². The molecule has 2 aliphatic rings. The first-order valence-corrected chi connectivity index (χ1v) is 9.81. The molecule has 3 rings (SSSR count). The summed E-state index contributed by atoms with van der Waals surface area (Å²) in [7, 11) is 0. The Labute approximate surface area is 180 Å². The molecular weight excluding hydrogens is 455 g/mol. The van der Waals surface area contributed by atoms with Crippen LogP contribution in [0.4, 0.5) is 0 Å². The molecule has 0 saturated carbocycles. The minimum atomic E-state index is 0. The van der Waals surface area contributed by atoms with E-state index < -0.39 is 0 Å². The summed E-state index contributed by atoms with van der Waals surface area (Å²) >= 11 is 0. The van der Waals surface area contributed by atoms with Crippen LogP contribution in [0.2, 0.25) is 0 Å². The van der Waals surface area contributed by atoms with E-state index in [0.717, 1.165) is 70.6 Å². The van der Waals surface area contributed by atoms with Gasteiger partial charge in [0.1, 0.15) is 11.9 Å². The second kappa shape index (κ2) is 11.7. The first-order valence-electron chi connectivity index (χ1n) is 9.81. The molecule has 1 aromatic carbocycles. The van der Waals surface area contributed by atoms with Gasteiger partial charge in [0.2, 0.25) is 0 Å². The van der Waals surface area contributed by atoms with E-state index in [9.17, 15) is 0 Å². The topological polar surface area (TPSA) is 58.1 Å². The molecule has 2 unspecified atom stereocenters. The predicted octanol–water partition coefficient (Wildman–Crippen LogP) is 2.13. The molecule has 27 heavy (non-hydrogen) atoms. The van der Waals surface area contributed by atoms with Gasteiger partial charge in [0, 0.05) is 39.1 Å². The maximum Gasteiger partial charge on any atom is 0.191 e. The van der Waals surface area contributed by atoms with E-state index in [1.54, 1.807) is 0 Å². The highest BCUT2D eigenvalue weighted by Crippen LogP contribution is 2.27. The second-order valence-electron chi connectivity index (χ2n) is 7.17. The van der Waals surface area contributed by atoms with Crippen LogP contribution in [0.15, 0.2) is 29.3 Å². The highest BCUT2D eigenvalue weighted by atomic mass is 127. The summed E-state index contributed by atoms with van der Waals surface area (Å²) in [6, 6.07) is 8.28. The van der Waals surface area contributed by atoms with Crippen molar-refractivity contribution in [2.75, 3.05) is 52.5 Å². The molecule has 0 aromatic heterocycles. The van der Waals surface area contributed by atoms with Crippen molar-refractivity contribution in [3.63, 3.8) is 0 Å². The van der Waals surface area contributed by atoms with E-state index in [-0.39, 0.29) is 30.1 Å². The maximum absolute atomic E-state index is 6.00. The zero-order valence-corrected chi connectivity index (χ0v) is 18.8. The number of halogens is 1. The lowest BCUT2D eigenvalue weighted by molar-refractivity contribution is 0.0323. The van der Waals surface area contributed by atoms with Gasteiger partial charge in [0.05, 0.1) is 19.8 Å². The van der Waals surface area contributed by atoms with Gasteiger partial charge in [-0.3, -0.25) is 9.89 Å². The fourth-order valence-electron chi connectivity index (χ4n) is 3.45. The molecule has 1 fully saturated rings. The van der Waals surface area contributed by atoms with Gasteiger partial charge < -0.3 is 20.1 Å². The number of hydrogen-bond donors (Lipinski definition) is 2. The van der Waals surface area contributed by atoms with Crippen molar-refractivity contribution in [3.8, 4) is 5.75 Å². The average molecular weight is 488 g/mol. The van der Waals surface area contributed by atoms with E-state index in [1.807, 2.05) is 12.1 Å². The highest BCUT2D eigenvalue weighted by Gasteiger charge is 2.22. The van der Waals surface area contributed by atoms with Crippen LogP contribution in [0.25, 0.3) is 0 Å². The lowest BCUT2D eigenvalue weighted by Gasteiger charge is -2.28. The van der Waals surface area contributed by atoms with Gasteiger partial charge in [-0.15, -0.1) is 24.0 Å². The van der Waals surface area contributed by atoms with Gasteiger partial charge in [0.15, 0.2) is 5.96 Å². The number of benzene rings is 1. The van der Waals surface area contributed by atoms with Gasteiger partial charge in [0.25, 0.3) is 0 Å². The summed E-state index contributed by atoms with van der Waals surface area (Å²) in [5.74, 6) is 2.41. The van der Waals surface area contributed by atoms with Gasteiger partial charge in [-0.2, -0.15) is 0 Å². The Bertz CT molecular complexity index is 568. The summed E-state index contributed by atoms with van der Waals surface area (Å²) in [6.07, 6.45) is 1.12. The Balaban J connectivity index is 0.00000261. The molecule has 0 amide bonds. The molecule has 1 saturated heterocycles. The van der Waals surface area contributed by atoms with Gasteiger partial charge in [-0.25, -0.2) is 0 Å². The molecule has 152 valence electrons. The third kappa shape index (κ3) is 7.12. The van der Waals surface area contributed by atoms with E-state index in [2.05, 4.69) is 41.5 Å². The predicted molar refractivity (Wildman–Crippen MR) is 120 cm³/mol. The standard InChI is InChI=1S/C20H32N4O2.HI/c1-3-21-20(22-13-16(2)15-24-8-10-25-11-9-24)23-14-18-12-17-6-4-5-7-19(17)26-18;/h4-7,16,18H,3,8-15H2,1-2H3,(H2,21,22,23);1H. The molecule has 7 heteroatoms. The monoisotopic (exact) mass is 488 g/mol. The Hall–Kier alpha value is -1.06. The smallest absolute Gasteiger partial charge is 0.191 e. The summed E-state index contributed by atoms with van der Waals surface area (Å²) in [5.41, 5.74) is 1.29. The van der Waals surface area contributed by atoms with Crippen LogP contribution in [0.1, 0.15) is 19.4 Å². The molecule has 0 aliphatic carbocycles. The van der Waals surface area contributed by atoms with E-state index in [0.29, 0.717) is 5.92 Å². The minimum absolute atomic E-state index is 0. The van der Waals surface area contributed by atoms with Crippen LogP contribution in [0.5, 0.6) is 5.75 Å². The van der Waals surface area contributed by atoms with Crippen molar-refractivity contribution in [1.82, 2.24) is 15.5 Å². The molecule has 1 aromatic rings. The van der Waals surface area contributed by atoms with Crippen LogP contribution < -0.4 is 15.4 Å². The fourth-order valence-corrected chi connectivity index (χ4v) is 3.45. The van der Waals surface area contributed by atoms with Crippen molar-refractivity contribution in [3.05, 3.63) is 29.8 Å². The zero-order valence-electron chi connectivity index (χ0n) is 16.4. The van der Waals surface area contributed by atoms with Gasteiger partial charge in [-0.05, 0) is 24.5 Å². The third-order valence-electron chi connectivity index (χ3n) is 4.79. The van der Waals surface area contributed by atoms with E-state index in [4.69, 9.17) is 14.5 Å². The number of nitrogens with one attached hydrogen (secondary N) is 2. The molecule has 2 atom stereocenters. The Morgan fingerprint density at radius 3 is 2.78 bits per heavy atom. The number of ether oxygens (including phenoxy) is 2. The van der Waals surface area contributed by atoms with Gasteiger partial charge >= 0.3 is 0 Å². The van der Waals surface area contributed by atoms with Crippen molar-refractivity contribution in [2.45, 2.75) is 26.4 Å². The van der Waals surface area contributed by atoms with Crippen LogP contribution in [0.3, 0.4) is 0 Å². The maximum atomic E-state index is 6.00. The number of nitrogens with zero attached hydrogens (tertiary/aromatic N) is 2. The number of guanidine groups is 1. The van der Waals surface area contributed by atoms with E-state index >= 15 is 0 Å². The Kier molecular flexibility index (Phi) is 9.64. The van der Waals surface area contributed by atoms with Crippen molar-refractivity contribution in [1.29, 1.82) is 0 Å². The number of rotatable bonds is 7. The molecule has 2 N–H and O–H groups in total. The minimum Gasteiger partial charge on any atom is -0.488 e. The van der Waals surface area contributed by atoms with Crippen LogP contribution in [-0.2, 0) is 11.2 Å². The van der Waals surface area contributed by atoms with Crippen molar-refractivity contribution >= 4 is 29.9 Å². The molecule has 2 heterocycles. The third-order valence-corrected chi connectivity index (χ3v) is 4.79. The van der Waals surface area contributed by atoms with Crippen LogP contribution in [-0.4, -0.2) is 69.4 Å². The molecule has 0 bridgehead atoms. The lowest BCUT2D eigenvalue weighted by Crippen LogP contribution is -2.43. The summed E-state index contributed by atoms with van der Waals surface area (Å²) in [6.45, 7) is 11.6. The molecule has 0 spiro atoms. The molecular formula is C20H33IN4O2. The van der Waals surface area contributed by atoms with Crippen LogP contribution >= 0.6 is 24.0 Å². The molecule has 2 aliphatic heterocycles. The number of hydrogen-bond acceptors (Lipinski definition) is 4. The number of morpholine rings is 1. The normalized spacial score (nSPS) is 21.0. The van der Waals surface area contributed by atoms with E-state index in [1.165, 1.54) is 5.56 Å². The SMILES string of the molecule is CCNC(=NCC(C)CN1CCOCC1)NCC1Cc2ccccc2O1.I. The molecule has 6 nitrogen and oxygen atoms in total. The average Bonchev–Trinajstić information content (AvgIpc) is 3.08. The largest absolute Gasteiger partial charge is 0.488 e. The number of aliphatic imine (C=N–C) groups is 1. The molecule has 0 radical (unpaired) electrons. The lowest BCUT2D eigenvalue weighted by atomic mass is 10.1. The first-order chi connectivity index (χ1) is 12.7. The highest BCUT2D eigenvalue weighted by molar-refractivity contribution is 14.0. The van der Waals surface area contributed by atoms with Crippen molar-refractivity contribution in [2.24, 2.45) is 10.9 Å². The summed E-state index contributed by atoms with van der Waals surface area (Å²) in [5, 5.41) is 6.77. The zero-order chi connectivity index (χ0) is 18.2. The van der Waals surface area contributed by atoms with Crippen molar-refractivity contribution < 1.29 is 9.47 Å². The number of para-hydroxylation sites is 1. The quantitative estimate of drug-likeness (QED) is 0.350. The second-order valence-corrected chi connectivity index (χ2v) is 7.17. The summed E-state index contributed by atoms with van der Waals surface area (Å²) in [4.78, 5) is 7.24. The number of fused-ring (bicyclic) bond motifs is 1.